The van der Waals surface area contributed by atoms with E-state index in [-0.39, 0.29) is 17.4 Å². The Morgan fingerprint density at radius 2 is 2.00 bits per heavy atom. The van der Waals surface area contributed by atoms with Crippen LogP contribution in [-0.4, -0.2) is 10.9 Å². The number of nitrogens with one attached hydrogen (secondary N) is 1. The molecule has 23 heavy (non-hydrogen) atoms. The van der Waals surface area contributed by atoms with Gasteiger partial charge in [0.1, 0.15) is 5.82 Å². The number of aromatic nitrogens is 1. The normalized spacial score (nSPS) is 12.5. The molecule has 0 saturated heterocycles. The zero-order chi connectivity index (χ0) is 17.1. The number of thiazole rings is 1. The maximum Gasteiger partial charge on any atom is 0.226 e. The molecule has 3 nitrogen and oxygen atoms in total. The molecule has 0 spiro atoms. The van der Waals surface area contributed by atoms with Crippen molar-refractivity contribution in [3.05, 3.63) is 49.6 Å². The van der Waals surface area contributed by atoms with E-state index in [4.69, 9.17) is 23.2 Å². The molecule has 0 radical (unpaired) electrons. The van der Waals surface area contributed by atoms with Crippen LogP contribution in [0.15, 0.2) is 17.5 Å². The average molecular weight is 375 g/mol. The van der Waals surface area contributed by atoms with Crippen molar-refractivity contribution in [1.82, 2.24) is 10.3 Å². The molecular weight excluding hydrogens is 358 g/mol. The number of hydrogen-bond donors (Lipinski definition) is 1. The van der Waals surface area contributed by atoms with Gasteiger partial charge in [-0.15, -0.1) is 11.3 Å². The van der Waals surface area contributed by atoms with E-state index in [1.807, 2.05) is 5.38 Å². The highest BCUT2D eigenvalue weighted by molar-refractivity contribution is 7.09. The minimum Gasteiger partial charge on any atom is -0.349 e. The Bertz CT molecular complexity index is 718. The fourth-order valence-electron chi connectivity index (χ4n) is 2.07. The van der Waals surface area contributed by atoms with E-state index in [9.17, 15) is 9.18 Å². The van der Waals surface area contributed by atoms with E-state index in [1.54, 1.807) is 18.3 Å². The van der Waals surface area contributed by atoms with E-state index in [0.29, 0.717) is 16.5 Å². The molecule has 1 amide bonds. The largest absolute Gasteiger partial charge is 0.349 e. The third-order valence-corrected chi connectivity index (χ3v) is 5.10. The van der Waals surface area contributed by atoms with Crippen molar-refractivity contribution in [2.75, 3.05) is 0 Å². The van der Waals surface area contributed by atoms with Gasteiger partial charge in [-0.2, -0.15) is 0 Å². The van der Waals surface area contributed by atoms with Crippen molar-refractivity contribution >= 4 is 40.4 Å². The predicted molar refractivity (Wildman–Crippen MR) is 92.9 cm³/mol. The van der Waals surface area contributed by atoms with Crippen molar-refractivity contribution < 1.29 is 9.18 Å². The molecule has 2 aromatic rings. The molecule has 0 aliphatic rings. The summed E-state index contributed by atoms with van der Waals surface area (Å²) in [5, 5.41) is 5.97. The highest BCUT2D eigenvalue weighted by Gasteiger charge is 2.17. The number of carbonyl (C=O) groups is 1. The number of carbonyl (C=O) groups excluding carboxylic acids is 1. The second-order valence-electron chi connectivity index (χ2n) is 5.59. The van der Waals surface area contributed by atoms with Gasteiger partial charge >= 0.3 is 0 Å². The third-order valence-electron chi connectivity index (χ3n) is 3.29. The van der Waals surface area contributed by atoms with Gasteiger partial charge in [0.05, 0.1) is 28.2 Å². The molecule has 1 atom stereocenters. The summed E-state index contributed by atoms with van der Waals surface area (Å²) in [5.74, 6) is -0.413. The van der Waals surface area contributed by atoms with Crippen LogP contribution in [0.3, 0.4) is 0 Å². The maximum absolute atomic E-state index is 13.6. The fraction of sp³-hybridized carbons (Fsp3) is 0.375. The lowest BCUT2D eigenvalue weighted by Gasteiger charge is -2.16. The van der Waals surface area contributed by atoms with Crippen molar-refractivity contribution in [2.24, 2.45) is 0 Å². The predicted octanol–water partition coefficient (Wildman–Crippen LogP) is 5.13. The van der Waals surface area contributed by atoms with Gasteiger partial charge in [0, 0.05) is 16.3 Å². The molecule has 0 aliphatic heterocycles. The third kappa shape index (κ3) is 4.66. The van der Waals surface area contributed by atoms with Crippen LogP contribution in [0.1, 0.15) is 49.0 Å². The van der Waals surface area contributed by atoms with Crippen molar-refractivity contribution in [2.45, 2.75) is 39.2 Å². The van der Waals surface area contributed by atoms with Crippen molar-refractivity contribution in [3.8, 4) is 0 Å². The van der Waals surface area contributed by atoms with E-state index in [0.717, 1.165) is 10.7 Å². The summed E-state index contributed by atoms with van der Waals surface area (Å²) in [6.07, 6.45) is 0.182. The van der Waals surface area contributed by atoms with Gasteiger partial charge < -0.3 is 5.32 Å². The van der Waals surface area contributed by atoms with Gasteiger partial charge in [0.2, 0.25) is 5.91 Å². The minimum atomic E-state index is -0.562. The Kier molecular flexibility index (Phi) is 6.00. The summed E-state index contributed by atoms with van der Waals surface area (Å²) in [6, 6.07) is 2.16. The maximum atomic E-state index is 13.6. The van der Waals surface area contributed by atoms with Gasteiger partial charge in [0.25, 0.3) is 0 Å². The Balaban J connectivity index is 2.03. The molecule has 2 rings (SSSR count). The molecule has 1 heterocycles. The summed E-state index contributed by atoms with van der Waals surface area (Å²) in [5.41, 5.74) is 1.22. The monoisotopic (exact) mass is 374 g/mol. The van der Waals surface area contributed by atoms with Crippen LogP contribution in [-0.2, 0) is 11.2 Å². The summed E-state index contributed by atoms with van der Waals surface area (Å²) in [4.78, 5) is 16.6. The molecule has 7 heteroatoms. The standard InChI is InChI=1S/C16H17Cl2FN2OS/c1-8(2)16-21-10(7-23-16)4-15(22)20-9(3)11-5-14(19)13(18)6-12(11)17/h5-9H,4H2,1-3H3,(H,20,22). The SMILES string of the molecule is CC(C)c1nc(CC(=O)NC(C)c2cc(F)c(Cl)cc2Cl)cs1. The van der Waals surface area contributed by atoms with E-state index in [2.05, 4.69) is 24.1 Å². The molecular formula is C16H17Cl2FN2OS. The molecule has 0 bridgehead atoms. The van der Waals surface area contributed by atoms with Crippen LogP contribution in [0.4, 0.5) is 4.39 Å². The first-order valence-electron chi connectivity index (χ1n) is 7.16. The minimum absolute atomic E-state index is 0.0408. The quantitative estimate of drug-likeness (QED) is 0.736. The smallest absolute Gasteiger partial charge is 0.226 e. The topological polar surface area (TPSA) is 42.0 Å². The van der Waals surface area contributed by atoms with Crippen LogP contribution in [0.25, 0.3) is 0 Å². The summed E-state index contributed by atoms with van der Waals surface area (Å²) >= 11 is 13.3. The number of hydrogen-bond acceptors (Lipinski definition) is 3. The second-order valence-corrected chi connectivity index (χ2v) is 7.29. The van der Waals surface area contributed by atoms with Crippen LogP contribution >= 0.6 is 34.5 Å². The zero-order valence-electron chi connectivity index (χ0n) is 13.0. The van der Waals surface area contributed by atoms with Gasteiger partial charge in [-0.3, -0.25) is 4.79 Å². The van der Waals surface area contributed by atoms with E-state index in [1.165, 1.54) is 12.1 Å². The highest BCUT2D eigenvalue weighted by atomic mass is 35.5. The highest BCUT2D eigenvalue weighted by Crippen LogP contribution is 2.28. The van der Waals surface area contributed by atoms with Crippen LogP contribution in [0.2, 0.25) is 10.0 Å². The second kappa shape index (κ2) is 7.60. The first-order valence-corrected chi connectivity index (χ1v) is 8.79. The Labute approximate surface area is 148 Å². The van der Waals surface area contributed by atoms with Gasteiger partial charge in [0.15, 0.2) is 0 Å². The zero-order valence-corrected chi connectivity index (χ0v) is 15.3. The van der Waals surface area contributed by atoms with E-state index < -0.39 is 11.9 Å². The molecule has 124 valence electrons. The van der Waals surface area contributed by atoms with Gasteiger partial charge in [-0.05, 0) is 24.6 Å². The molecule has 0 saturated carbocycles. The average Bonchev–Trinajstić information content (AvgIpc) is 2.91. The van der Waals surface area contributed by atoms with Crippen LogP contribution < -0.4 is 5.32 Å². The molecule has 1 N–H and O–H groups in total. The molecule has 0 aliphatic carbocycles. The first kappa shape index (κ1) is 18.2. The van der Waals surface area contributed by atoms with Crippen LogP contribution in [0, 0.1) is 5.82 Å². The van der Waals surface area contributed by atoms with Crippen molar-refractivity contribution in [3.63, 3.8) is 0 Å². The van der Waals surface area contributed by atoms with Gasteiger partial charge in [-0.25, -0.2) is 9.37 Å². The Hall–Kier alpha value is -1.17. The first-order chi connectivity index (χ1) is 10.8. The van der Waals surface area contributed by atoms with E-state index >= 15 is 0 Å². The number of rotatable bonds is 5. The van der Waals surface area contributed by atoms with Gasteiger partial charge in [-0.1, -0.05) is 37.0 Å². The Morgan fingerprint density at radius 3 is 2.61 bits per heavy atom. The lowest BCUT2D eigenvalue weighted by molar-refractivity contribution is -0.121. The molecule has 1 unspecified atom stereocenters. The lowest BCUT2D eigenvalue weighted by Crippen LogP contribution is -2.28. The number of amides is 1. The summed E-state index contributed by atoms with van der Waals surface area (Å²) in [6.45, 7) is 5.86. The molecule has 0 fully saturated rings. The number of benzene rings is 1. The van der Waals surface area contributed by atoms with Crippen molar-refractivity contribution in [1.29, 1.82) is 0 Å². The molecule has 1 aromatic carbocycles. The van der Waals surface area contributed by atoms with Crippen LogP contribution in [0.5, 0.6) is 0 Å². The summed E-state index contributed by atoms with van der Waals surface area (Å²) < 4.78 is 13.6. The fourth-order valence-corrected chi connectivity index (χ4v) is 3.46. The number of nitrogens with zero attached hydrogens (tertiary/aromatic N) is 1. The lowest BCUT2D eigenvalue weighted by atomic mass is 10.1. The number of halogens is 3. The summed E-state index contributed by atoms with van der Waals surface area (Å²) in [7, 11) is 0. The molecule has 1 aromatic heterocycles. The Morgan fingerprint density at radius 1 is 1.30 bits per heavy atom.